The van der Waals surface area contributed by atoms with Crippen molar-refractivity contribution in [3.63, 3.8) is 0 Å². The number of amides is 1. The van der Waals surface area contributed by atoms with Gasteiger partial charge in [0.15, 0.2) is 5.82 Å². The third-order valence-electron chi connectivity index (χ3n) is 4.11. The van der Waals surface area contributed by atoms with E-state index in [1.165, 1.54) is 6.20 Å². The number of anilines is 3. The molecule has 8 nitrogen and oxygen atoms in total. The Morgan fingerprint density at radius 3 is 2.62 bits per heavy atom. The van der Waals surface area contributed by atoms with Crippen molar-refractivity contribution in [2.75, 3.05) is 48.9 Å². The second-order valence-corrected chi connectivity index (χ2v) is 6.27. The first kappa shape index (κ1) is 17.9. The molecule has 8 heteroatoms. The van der Waals surface area contributed by atoms with Crippen molar-refractivity contribution in [3.8, 4) is 5.88 Å². The molecule has 0 bridgehead atoms. The lowest BCUT2D eigenvalue weighted by molar-refractivity contribution is 0.102. The summed E-state index contributed by atoms with van der Waals surface area (Å²) in [6, 6.07) is 3.36. The van der Waals surface area contributed by atoms with Crippen LogP contribution < -0.4 is 19.9 Å². The zero-order chi connectivity index (χ0) is 18.5. The van der Waals surface area contributed by atoms with Crippen LogP contribution >= 0.6 is 0 Å². The first-order valence-corrected chi connectivity index (χ1v) is 8.78. The van der Waals surface area contributed by atoms with Gasteiger partial charge in [0.1, 0.15) is 5.69 Å². The van der Waals surface area contributed by atoms with Crippen LogP contribution in [0.4, 0.5) is 17.5 Å². The Labute approximate surface area is 153 Å². The van der Waals surface area contributed by atoms with Gasteiger partial charge in [0, 0.05) is 39.4 Å². The molecule has 1 aliphatic heterocycles. The molecule has 2 aromatic rings. The summed E-state index contributed by atoms with van der Waals surface area (Å²) in [5.74, 6) is 1.61. The first-order valence-electron chi connectivity index (χ1n) is 8.78. The Morgan fingerprint density at radius 2 is 2.00 bits per heavy atom. The summed E-state index contributed by atoms with van der Waals surface area (Å²) >= 11 is 0. The molecule has 2 aromatic heterocycles. The van der Waals surface area contributed by atoms with Gasteiger partial charge >= 0.3 is 0 Å². The molecule has 0 atom stereocenters. The van der Waals surface area contributed by atoms with Gasteiger partial charge in [-0.05, 0) is 25.8 Å². The minimum Gasteiger partial charge on any atom is -0.478 e. The molecule has 1 N–H and O–H groups in total. The fraction of sp³-hybridized carbons (Fsp3) is 0.444. The van der Waals surface area contributed by atoms with Crippen LogP contribution in [0.5, 0.6) is 5.88 Å². The Bertz CT molecular complexity index is 757. The average Bonchev–Trinajstić information content (AvgIpc) is 3.17. The SMILES string of the molecule is CCOc1ccc(C(=O)Nc2cnc(N3CCCC3)nc2N(C)C)cn1. The third kappa shape index (κ3) is 4.01. The van der Waals surface area contributed by atoms with Gasteiger partial charge in [-0.15, -0.1) is 0 Å². The minimum atomic E-state index is -0.263. The molecule has 1 amide bonds. The van der Waals surface area contributed by atoms with Crippen molar-refractivity contribution in [1.82, 2.24) is 15.0 Å². The van der Waals surface area contributed by atoms with Gasteiger partial charge in [0.2, 0.25) is 11.8 Å². The Balaban J connectivity index is 1.78. The number of carbonyl (C=O) groups excluding carboxylic acids is 1. The van der Waals surface area contributed by atoms with E-state index in [2.05, 4.69) is 25.2 Å². The summed E-state index contributed by atoms with van der Waals surface area (Å²) in [4.78, 5) is 29.7. The maximum atomic E-state index is 12.5. The molecule has 1 saturated heterocycles. The fourth-order valence-corrected chi connectivity index (χ4v) is 2.80. The molecule has 0 aliphatic carbocycles. The van der Waals surface area contributed by atoms with Crippen molar-refractivity contribution in [2.24, 2.45) is 0 Å². The van der Waals surface area contributed by atoms with E-state index in [4.69, 9.17) is 4.74 Å². The number of pyridine rings is 1. The maximum absolute atomic E-state index is 12.5. The average molecular weight is 356 g/mol. The van der Waals surface area contributed by atoms with Gasteiger partial charge in [-0.3, -0.25) is 4.79 Å². The summed E-state index contributed by atoms with van der Waals surface area (Å²) < 4.78 is 5.30. The summed E-state index contributed by atoms with van der Waals surface area (Å²) in [5.41, 5.74) is 1.01. The number of nitrogens with zero attached hydrogens (tertiary/aromatic N) is 5. The van der Waals surface area contributed by atoms with Crippen molar-refractivity contribution < 1.29 is 9.53 Å². The van der Waals surface area contributed by atoms with E-state index in [-0.39, 0.29) is 5.91 Å². The zero-order valence-electron chi connectivity index (χ0n) is 15.4. The van der Waals surface area contributed by atoms with E-state index in [0.29, 0.717) is 35.5 Å². The standard InChI is InChI=1S/C18H24N6O2/c1-4-26-15-8-7-13(11-19-15)17(25)21-14-12-20-18(22-16(14)23(2)3)24-9-5-6-10-24/h7-8,11-12H,4-6,9-10H2,1-3H3,(H,21,25). The van der Waals surface area contributed by atoms with Gasteiger partial charge in [-0.25, -0.2) is 9.97 Å². The molecule has 0 spiro atoms. The van der Waals surface area contributed by atoms with E-state index in [0.717, 1.165) is 25.9 Å². The summed E-state index contributed by atoms with van der Waals surface area (Å²) in [7, 11) is 3.79. The molecular weight excluding hydrogens is 332 g/mol. The lowest BCUT2D eigenvalue weighted by Crippen LogP contribution is -2.23. The van der Waals surface area contributed by atoms with Crippen molar-refractivity contribution in [3.05, 3.63) is 30.1 Å². The van der Waals surface area contributed by atoms with Gasteiger partial charge in [-0.1, -0.05) is 0 Å². The van der Waals surface area contributed by atoms with Crippen LogP contribution in [0, 0.1) is 0 Å². The lowest BCUT2D eigenvalue weighted by Gasteiger charge is -2.21. The normalized spacial score (nSPS) is 13.6. The highest BCUT2D eigenvalue weighted by atomic mass is 16.5. The van der Waals surface area contributed by atoms with Crippen LogP contribution in [-0.2, 0) is 0 Å². The van der Waals surface area contributed by atoms with Crippen LogP contribution in [0.15, 0.2) is 24.5 Å². The molecule has 3 heterocycles. The number of ether oxygens (including phenoxy) is 1. The molecule has 1 aliphatic rings. The van der Waals surface area contributed by atoms with Gasteiger partial charge < -0.3 is 19.9 Å². The van der Waals surface area contributed by atoms with Gasteiger partial charge in [0.05, 0.1) is 18.4 Å². The van der Waals surface area contributed by atoms with Gasteiger partial charge in [0.25, 0.3) is 5.91 Å². The van der Waals surface area contributed by atoms with E-state index in [1.54, 1.807) is 18.3 Å². The lowest BCUT2D eigenvalue weighted by atomic mass is 10.2. The largest absolute Gasteiger partial charge is 0.478 e. The molecule has 0 aromatic carbocycles. The summed E-state index contributed by atoms with van der Waals surface area (Å²) in [6.07, 6.45) is 5.47. The monoisotopic (exact) mass is 356 g/mol. The predicted octanol–water partition coefficient (Wildman–Crippen LogP) is 2.19. The minimum absolute atomic E-state index is 0.263. The molecule has 26 heavy (non-hydrogen) atoms. The zero-order valence-corrected chi connectivity index (χ0v) is 15.4. The molecule has 138 valence electrons. The summed E-state index contributed by atoms with van der Waals surface area (Å²) in [6.45, 7) is 4.36. The predicted molar refractivity (Wildman–Crippen MR) is 101 cm³/mol. The number of nitrogens with one attached hydrogen (secondary N) is 1. The van der Waals surface area contributed by atoms with Crippen molar-refractivity contribution >= 4 is 23.4 Å². The quantitative estimate of drug-likeness (QED) is 0.849. The highest BCUT2D eigenvalue weighted by Gasteiger charge is 2.19. The number of aromatic nitrogens is 3. The van der Waals surface area contributed by atoms with Crippen LogP contribution in [0.25, 0.3) is 0 Å². The topological polar surface area (TPSA) is 83.5 Å². The molecule has 1 fully saturated rings. The van der Waals surface area contributed by atoms with Crippen LogP contribution in [0.2, 0.25) is 0 Å². The Morgan fingerprint density at radius 1 is 1.23 bits per heavy atom. The van der Waals surface area contributed by atoms with E-state index in [9.17, 15) is 4.79 Å². The van der Waals surface area contributed by atoms with Crippen molar-refractivity contribution in [2.45, 2.75) is 19.8 Å². The molecule has 3 rings (SSSR count). The van der Waals surface area contributed by atoms with Crippen LogP contribution in [0.3, 0.4) is 0 Å². The second-order valence-electron chi connectivity index (χ2n) is 6.27. The van der Waals surface area contributed by atoms with Gasteiger partial charge in [-0.2, -0.15) is 4.98 Å². The highest BCUT2D eigenvalue weighted by Crippen LogP contribution is 2.25. The highest BCUT2D eigenvalue weighted by molar-refractivity contribution is 6.05. The molecule has 0 saturated carbocycles. The Kier molecular flexibility index (Phi) is 5.50. The van der Waals surface area contributed by atoms with Crippen LogP contribution in [0.1, 0.15) is 30.1 Å². The number of hydrogen-bond acceptors (Lipinski definition) is 7. The van der Waals surface area contributed by atoms with Crippen LogP contribution in [-0.4, -0.2) is 54.7 Å². The molecular formula is C18H24N6O2. The fourth-order valence-electron chi connectivity index (χ4n) is 2.80. The number of carbonyl (C=O) groups is 1. The van der Waals surface area contributed by atoms with Crippen molar-refractivity contribution in [1.29, 1.82) is 0 Å². The number of rotatable bonds is 6. The molecule has 0 radical (unpaired) electrons. The number of hydrogen-bond donors (Lipinski definition) is 1. The third-order valence-corrected chi connectivity index (χ3v) is 4.11. The Hall–Kier alpha value is -2.90. The molecule has 0 unspecified atom stereocenters. The maximum Gasteiger partial charge on any atom is 0.257 e. The van der Waals surface area contributed by atoms with E-state index < -0.39 is 0 Å². The first-order chi connectivity index (χ1) is 12.6. The second kappa shape index (κ2) is 7.99. The smallest absolute Gasteiger partial charge is 0.257 e. The summed E-state index contributed by atoms with van der Waals surface area (Å²) in [5, 5.41) is 2.87. The van der Waals surface area contributed by atoms with E-state index >= 15 is 0 Å². The van der Waals surface area contributed by atoms with E-state index in [1.807, 2.05) is 25.9 Å².